The maximum Gasteiger partial charge on any atom is 0.191 e. The largest absolute Gasteiger partial charge is 0.497 e. The fourth-order valence-corrected chi connectivity index (χ4v) is 3.22. The monoisotopic (exact) mass is 353 g/mol. The van der Waals surface area contributed by atoms with E-state index in [1.807, 2.05) is 42.5 Å². The van der Waals surface area contributed by atoms with Gasteiger partial charge in [-0.3, -0.25) is 4.99 Å². The van der Waals surface area contributed by atoms with Crippen LogP contribution in [-0.4, -0.2) is 25.7 Å². The molecule has 1 atom stereocenters. The number of rotatable bonds is 4. The Morgan fingerprint density at radius 1 is 1.19 bits per heavy atom. The van der Waals surface area contributed by atoms with Crippen LogP contribution in [0.5, 0.6) is 11.5 Å². The van der Waals surface area contributed by atoms with Gasteiger partial charge in [-0.05, 0) is 37.6 Å². The van der Waals surface area contributed by atoms with Gasteiger partial charge in [0.05, 0.1) is 13.2 Å². The lowest BCUT2D eigenvalue weighted by Gasteiger charge is -2.38. The van der Waals surface area contributed by atoms with Crippen molar-refractivity contribution in [1.29, 1.82) is 0 Å². The van der Waals surface area contributed by atoms with Crippen LogP contribution >= 0.6 is 0 Å². The minimum atomic E-state index is -0.221. The van der Waals surface area contributed by atoms with Crippen molar-refractivity contribution in [3.8, 4) is 11.5 Å². The molecule has 2 N–H and O–H groups in total. The number of para-hydroxylation sites is 1. The van der Waals surface area contributed by atoms with Gasteiger partial charge < -0.3 is 20.1 Å². The number of hydrogen-bond acceptors (Lipinski definition) is 3. The molecule has 0 saturated heterocycles. The molecule has 1 aliphatic heterocycles. The van der Waals surface area contributed by atoms with Gasteiger partial charge in [0.25, 0.3) is 0 Å². The molecule has 0 fully saturated rings. The molecule has 5 nitrogen and oxygen atoms in total. The highest BCUT2D eigenvalue weighted by atomic mass is 16.5. The lowest BCUT2D eigenvalue weighted by atomic mass is 9.90. The molecule has 0 spiro atoms. The number of guanidine groups is 1. The molecule has 1 aliphatic rings. The topological polar surface area (TPSA) is 54.9 Å². The Morgan fingerprint density at radius 3 is 2.62 bits per heavy atom. The molecule has 26 heavy (non-hydrogen) atoms. The number of benzene rings is 2. The van der Waals surface area contributed by atoms with Gasteiger partial charge in [0.2, 0.25) is 0 Å². The number of methoxy groups -OCH3 is 1. The van der Waals surface area contributed by atoms with Crippen LogP contribution in [-0.2, 0) is 6.54 Å². The highest BCUT2D eigenvalue weighted by molar-refractivity contribution is 5.80. The molecule has 0 aliphatic carbocycles. The number of fused-ring (bicyclic) bond motifs is 1. The van der Waals surface area contributed by atoms with Crippen molar-refractivity contribution in [3.05, 3.63) is 59.7 Å². The van der Waals surface area contributed by atoms with Gasteiger partial charge in [0, 0.05) is 25.6 Å². The van der Waals surface area contributed by atoms with Crippen LogP contribution in [0.1, 0.15) is 37.4 Å². The molecule has 1 unspecified atom stereocenters. The summed E-state index contributed by atoms with van der Waals surface area (Å²) in [6, 6.07) is 16.4. The lowest BCUT2D eigenvalue weighted by Crippen LogP contribution is -2.45. The van der Waals surface area contributed by atoms with Crippen LogP contribution in [0.2, 0.25) is 0 Å². The Bertz CT molecular complexity index is 769. The Kier molecular flexibility index (Phi) is 5.35. The third-order valence-corrected chi connectivity index (χ3v) is 4.53. The number of hydrogen-bond donors (Lipinski definition) is 2. The molecular weight excluding hydrogens is 326 g/mol. The van der Waals surface area contributed by atoms with E-state index in [9.17, 15) is 0 Å². The summed E-state index contributed by atoms with van der Waals surface area (Å²) in [5.41, 5.74) is 2.11. The van der Waals surface area contributed by atoms with Crippen molar-refractivity contribution in [2.75, 3.05) is 14.2 Å². The fraction of sp³-hybridized carbons (Fsp3) is 0.381. The molecule has 2 aromatic carbocycles. The second-order valence-electron chi connectivity index (χ2n) is 7.07. The number of aliphatic imine (C=N–C) groups is 1. The fourth-order valence-electron chi connectivity index (χ4n) is 3.22. The second kappa shape index (κ2) is 7.68. The van der Waals surface area contributed by atoms with Gasteiger partial charge in [-0.25, -0.2) is 0 Å². The van der Waals surface area contributed by atoms with Crippen molar-refractivity contribution in [2.45, 2.75) is 38.5 Å². The van der Waals surface area contributed by atoms with Crippen molar-refractivity contribution in [3.63, 3.8) is 0 Å². The van der Waals surface area contributed by atoms with Crippen LogP contribution < -0.4 is 20.1 Å². The highest BCUT2D eigenvalue weighted by Crippen LogP contribution is 2.39. The normalized spacial score (nSPS) is 18.5. The first-order chi connectivity index (χ1) is 12.5. The molecule has 0 bridgehead atoms. The van der Waals surface area contributed by atoms with Crippen LogP contribution in [0.4, 0.5) is 0 Å². The molecule has 1 heterocycles. The number of nitrogens with one attached hydrogen (secondary N) is 2. The maximum atomic E-state index is 6.10. The highest BCUT2D eigenvalue weighted by Gasteiger charge is 2.33. The van der Waals surface area contributed by atoms with Gasteiger partial charge in [-0.15, -0.1) is 0 Å². The molecule has 138 valence electrons. The summed E-state index contributed by atoms with van der Waals surface area (Å²) in [7, 11) is 3.46. The predicted octanol–water partition coefficient (Wildman–Crippen LogP) is 3.66. The maximum absolute atomic E-state index is 6.10. The quantitative estimate of drug-likeness (QED) is 0.651. The van der Waals surface area contributed by atoms with Gasteiger partial charge in [0.15, 0.2) is 5.96 Å². The first-order valence-electron chi connectivity index (χ1n) is 8.89. The van der Waals surface area contributed by atoms with Gasteiger partial charge in [-0.2, -0.15) is 0 Å². The summed E-state index contributed by atoms with van der Waals surface area (Å²) in [5, 5.41) is 6.93. The van der Waals surface area contributed by atoms with E-state index in [2.05, 4.69) is 35.5 Å². The summed E-state index contributed by atoms with van der Waals surface area (Å²) in [6.07, 6.45) is 0.868. The van der Waals surface area contributed by atoms with Crippen molar-refractivity contribution >= 4 is 5.96 Å². The van der Waals surface area contributed by atoms with Crippen LogP contribution in [0.25, 0.3) is 0 Å². The van der Waals surface area contributed by atoms with Gasteiger partial charge in [0.1, 0.15) is 17.1 Å². The zero-order valence-electron chi connectivity index (χ0n) is 15.9. The van der Waals surface area contributed by atoms with Crippen LogP contribution in [0, 0.1) is 0 Å². The Labute approximate surface area is 155 Å². The van der Waals surface area contributed by atoms with E-state index in [0.717, 1.165) is 23.9 Å². The minimum Gasteiger partial charge on any atom is -0.497 e. The van der Waals surface area contributed by atoms with Gasteiger partial charge in [-0.1, -0.05) is 30.3 Å². The SMILES string of the molecule is CN=C(NCc1ccc(OC)cc1)NC1CC(C)(C)Oc2ccccc21. The summed E-state index contributed by atoms with van der Waals surface area (Å²) in [6.45, 7) is 4.92. The molecule has 2 aromatic rings. The van der Waals surface area contributed by atoms with Crippen molar-refractivity contribution < 1.29 is 9.47 Å². The third-order valence-electron chi connectivity index (χ3n) is 4.53. The number of ether oxygens (including phenoxy) is 2. The van der Waals surface area contributed by atoms with Crippen LogP contribution in [0.15, 0.2) is 53.5 Å². The molecule has 5 heteroatoms. The van der Waals surface area contributed by atoms with Gasteiger partial charge >= 0.3 is 0 Å². The summed E-state index contributed by atoms with van der Waals surface area (Å²) < 4.78 is 11.3. The first kappa shape index (κ1) is 18.1. The smallest absolute Gasteiger partial charge is 0.191 e. The molecule has 0 aromatic heterocycles. The third kappa shape index (κ3) is 4.28. The van der Waals surface area contributed by atoms with E-state index in [4.69, 9.17) is 9.47 Å². The standard InChI is InChI=1S/C21H27N3O2/c1-21(2)13-18(17-7-5-6-8-19(17)26-21)24-20(22-3)23-14-15-9-11-16(25-4)12-10-15/h5-12,18H,13-14H2,1-4H3,(H2,22,23,24). The van der Waals surface area contributed by atoms with E-state index in [0.29, 0.717) is 6.54 Å². The van der Waals surface area contributed by atoms with E-state index in [-0.39, 0.29) is 11.6 Å². The van der Waals surface area contributed by atoms with Crippen molar-refractivity contribution in [2.24, 2.45) is 4.99 Å². The van der Waals surface area contributed by atoms with E-state index in [1.54, 1.807) is 14.2 Å². The second-order valence-corrected chi connectivity index (χ2v) is 7.07. The van der Waals surface area contributed by atoms with E-state index in [1.165, 1.54) is 11.1 Å². The molecule has 0 amide bonds. The predicted molar refractivity (Wildman–Crippen MR) is 105 cm³/mol. The Hall–Kier alpha value is -2.69. The molecular formula is C21H27N3O2. The van der Waals surface area contributed by atoms with Crippen LogP contribution in [0.3, 0.4) is 0 Å². The summed E-state index contributed by atoms with van der Waals surface area (Å²) in [4.78, 5) is 4.38. The number of nitrogens with zero attached hydrogens (tertiary/aromatic N) is 1. The average molecular weight is 353 g/mol. The minimum absolute atomic E-state index is 0.150. The van der Waals surface area contributed by atoms with E-state index < -0.39 is 0 Å². The molecule has 0 saturated carbocycles. The molecule has 3 rings (SSSR count). The Morgan fingerprint density at radius 2 is 1.92 bits per heavy atom. The zero-order chi connectivity index (χ0) is 18.6. The first-order valence-corrected chi connectivity index (χ1v) is 8.89. The van der Waals surface area contributed by atoms with E-state index >= 15 is 0 Å². The summed E-state index contributed by atoms with van der Waals surface area (Å²) >= 11 is 0. The molecule has 0 radical (unpaired) electrons. The zero-order valence-corrected chi connectivity index (χ0v) is 15.9. The average Bonchev–Trinajstić information content (AvgIpc) is 2.64. The van der Waals surface area contributed by atoms with Crippen molar-refractivity contribution in [1.82, 2.24) is 10.6 Å². The Balaban J connectivity index is 1.68. The lowest BCUT2D eigenvalue weighted by molar-refractivity contribution is 0.0694. The summed E-state index contributed by atoms with van der Waals surface area (Å²) in [5.74, 6) is 2.57.